The summed E-state index contributed by atoms with van der Waals surface area (Å²) in [7, 11) is 0. The van der Waals surface area contributed by atoms with Crippen molar-refractivity contribution in [2.45, 2.75) is 6.92 Å². The first-order valence-electron chi connectivity index (χ1n) is 5.10. The number of pyridine rings is 1. The van der Waals surface area contributed by atoms with Gasteiger partial charge in [0, 0.05) is 23.5 Å². The van der Waals surface area contributed by atoms with Crippen LogP contribution in [0.4, 0.5) is 8.78 Å². The van der Waals surface area contributed by atoms with E-state index in [2.05, 4.69) is 20.9 Å². The molecule has 0 saturated carbocycles. The van der Waals surface area contributed by atoms with Crippen molar-refractivity contribution >= 4 is 21.7 Å². The molecular weight excluding hydrogens is 304 g/mol. The van der Waals surface area contributed by atoms with Gasteiger partial charge in [0.1, 0.15) is 0 Å². The predicted molar refractivity (Wildman–Crippen MR) is 66.5 cm³/mol. The minimum Gasteiger partial charge on any atom is -0.289 e. The highest BCUT2D eigenvalue weighted by Gasteiger charge is 2.18. The van der Waals surface area contributed by atoms with Crippen LogP contribution >= 0.6 is 15.9 Å². The number of ketones is 1. The molecule has 2 nitrogen and oxygen atoms in total. The lowest BCUT2D eigenvalue weighted by atomic mass is 10.0. The van der Waals surface area contributed by atoms with E-state index in [1.807, 2.05) is 0 Å². The molecule has 0 radical (unpaired) electrons. The summed E-state index contributed by atoms with van der Waals surface area (Å²) in [4.78, 5) is 16.0. The Labute approximate surface area is 111 Å². The molecule has 0 fully saturated rings. The molecular formula is C13H8BrF2NO. The Morgan fingerprint density at radius 1 is 1.28 bits per heavy atom. The summed E-state index contributed by atoms with van der Waals surface area (Å²) in [5.74, 6) is -2.47. The molecule has 1 heterocycles. The number of carbonyl (C=O) groups is 1. The van der Waals surface area contributed by atoms with E-state index in [1.165, 1.54) is 12.3 Å². The number of hydrogen-bond donors (Lipinski definition) is 0. The average molecular weight is 312 g/mol. The number of nitrogens with zero attached hydrogens (tertiary/aromatic N) is 1. The number of benzene rings is 1. The minimum atomic E-state index is -1.07. The van der Waals surface area contributed by atoms with Crippen molar-refractivity contribution in [3.05, 3.63) is 63.4 Å². The number of rotatable bonds is 2. The van der Waals surface area contributed by atoms with Gasteiger partial charge in [0.2, 0.25) is 0 Å². The molecule has 0 unspecified atom stereocenters. The number of hydrogen-bond acceptors (Lipinski definition) is 2. The summed E-state index contributed by atoms with van der Waals surface area (Å²) in [5.41, 5.74) is 1.22. The fourth-order valence-corrected chi connectivity index (χ4v) is 2.04. The monoisotopic (exact) mass is 311 g/mol. The zero-order chi connectivity index (χ0) is 13.3. The quantitative estimate of drug-likeness (QED) is 0.626. The second kappa shape index (κ2) is 4.94. The molecule has 0 atom stereocenters. The third-order valence-corrected chi connectivity index (χ3v) is 3.19. The molecule has 0 N–H and O–H groups in total. The van der Waals surface area contributed by atoms with Gasteiger partial charge in [-0.25, -0.2) is 8.78 Å². The van der Waals surface area contributed by atoms with Gasteiger partial charge in [0.05, 0.1) is 4.47 Å². The lowest BCUT2D eigenvalue weighted by Gasteiger charge is -2.05. The van der Waals surface area contributed by atoms with Gasteiger partial charge in [-0.2, -0.15) is 0 Å². The van der Waals surface area contributed by atoms with Crippen molar-refractivity contribution in [3.63, 3.8) is 0 Å². The molecule has 0 aliphatic heterocycles. The number of aromatic nitrogens is 1. The second-order valence-electron chi connectivity index (χ2n) is 3.80. The van der Waals surface area contributed by atoms with Crippen LogP contribution < -0.4 is 0 Å². The van der Waals surface area contributed by atoms with Crippen molar-refractivity contribution in [2.75, 3.05) is 0 Å². The SMILES string of the molecule is Cc1cncc(C(=O)c2ccc(F)c(F)c2Br)c1. The van der Waals surface area contributed by atoms with Crippen molar-refractivity contribution in [2.24, 2.45) is 0 Å². The van der Waals surface area contributed by atoms with Gasteiger partial charge in [0.15, 0.2) is 17.4 Å². The lowest BCUT2D eigenvalue weighted by molar-refractivity contribution is 0.103. The van der Waals surface area contributed by atoms with Crippen LogP contribution in [0.1, 0.15) is 21.5 Å². The maximum atomic E-state index is 13.4. The molecule has 0 aliphatic rings. The molecule has 0 amide bonds. The smallest absolute Gasteiger partial charge is 0.195 e. The molecule has 5 heteroatoms. The van der Waals surface area contributed by atoms with Crippen LogP contribution in [-0.4, -0.2) is 10.8 Å². The molecule has 0 bridgehead atoms. The van der Waals surface area contributed by atoms with E-state index in [1.54, 1.807) is 19.2 Å². The van der Waals surface area contributed by atoms with Gasteiger partial charge in [-0.15, -0.1) is 0 Å². The summed E-state index contributed by atoms with van der Waals surface area (Å²) in [6, 6.07) is 3.81. The standard InChI is InChI=1S/C13H8BrF2NO/c1-7-4-8(6-17-5-7)13(18)9-2-3-10(15)12(16)11(9)14/h2-6H,1H3. The Balaban J connectivity index is 2.50. The van der Waals surface area contributed by atoms with Crippen molar-refractivity contribution in [1.82, 2.24) is 4.98 Å². The van der Waals surface area contributed by atoms with Crippen molar-refractivity contribution < 1.29 is 13.6 Å². The Morgan fingerprint density at radius 2 is 2.00 bits per heavy atom. The molecule has 0 spiro atoms. The van der Waals surface area contributed by atoms with E-state index in [9.17, 15) is 13.6 Å². The fraction of sp³-hybridized carbons (Fsp3) is 0.0769. The maximum Gasteiger partial charge on any atom is 0.195 e. The Morgan fingerprint density at radius 3 is 2.67 bits per heavy atom. The zero-order valence-corrected chi connectivity index (χ0v) is 11.0. The van der Waals surface area contributed by atoms with Crippen LogP contribution in [0.5, 0.6) is 0 Å². The highest BCUT2D eigenvalue weighted by Crippen LogP contribution is 2.25. The molecule has 0 aliphatic carbocycles. The van der Waals surface area contributed by atoms with Gasteiger partial charge < -0.3 is 0 Å². The van der Waals surface area contributed by atoms with E-state index in [-0.39, 0.29) is 10.0 Å². The van der Waals surface area contributed by atoms with Crippen LogP contribution in [0.15, 0.2) is 35.1 Å². The summed E-state index contributed by atoms with van der Waals surface area (Å²) >= 11 is 2.89. The zero-order valence-electron chi connectivity index (χ0n) is 9.38. The van der Waals surface area contributed by atoms with Gasteiger partial charge in [-0.05, 0) is 46.6 Å². The normalized spacial score (nSPS) is 10.4. The van der Waals surface area contributed by atoms with E-state index in [4.69, 9.17) is 0 Å². The first kappa shape index (κ1) is 12.8. The molecule has 2 rings (SSSR count). The number of halogens is 3. The molecule has 18 heavy (non-hydrogen) atoms. The Bertz CT molecular complexity index is 628. The van der Waals surface area contributed by atoms with Gasteiger partial charge in [-0.1, -0.05) is 0 Å². The van der Waals surface area contributed by atoms with Gasteiger partial charge >= 0.3 is 0 Å². The van der Waals surface area contributed by atoms with E-state index in [0.29, 0.717) is 5.56 Å². The van der Waals surface area contributed by atoms with Crippen LogP contribution in [0.3, 0.4) is 0 Å². The van der Waals surface area contributed by atoms with Crippen LogP contribution in [-0.2, 0) is 0 Å². The highest BCUT2D eigenvalue weighted by atomic mass is 79.9. The van der Waals surface area contributed by atoms with Gasteiger partial charge in [-0.3, -0.25) is 9.78 Å². The number of aryl methyl sites for hydroxylation is 1. The summed E-state index contributed by atoms with van der Waals surface area (Å²) in [6.45, 7) is 1.80. The van der Waals surface area contributed by atoms with E-state index < -0.39 is 17.4 Å². The first-order valence-corrected chi connectivity index (χ1v) is 5.90. The minimum absolute atomic E-state index is 0.0706. The topological polar surface area (TPSA) is 30.0 Å². The van der Waals surface area contributed by atoms with Crippen LogP contribution in [0.25, 0.3) is 0 Å². The third kappa shape index (κ3) is 2.31. The Hall–Kier alpha value is -1.62. The van der Waals surface area contributed by atoms with Crippen LogP contribution in [0, 0.1) is 18.6 Å². The van der Waals surface area contributed by atoms with E-state index >= 15 is 0 Å². The first-order chi connectivity index (χ1) is 8.50. The summed E-state index contributed by atoms with van der Waals surface area (Å²) in [6.07, 6.45) is 3.00. The highest BCUT2D eigenvalue weighted by molar-refractivity contribution is 9.10. The second-order valence-corrected chi connectivity index (χ2v) is 4.60. The van der Waals surface area contributed by atoms with E-state index in [0.717, 1.165) is 11.6 Å². The third-order valence-electron chi connectivity index (χ3n) is 2.42. The van der Waals surface area contributed by atoms with Crippen molar-refractivity contribution in [1.29, 1.82) is 0 Å². The van der Waals surface area contributed by atoms with Crippen LogP contribution in [0.2, 0.25) is 0 Å². The lowest BCUT2D eigenvalue weighted by Crippen LogP contribution is -2.05. The number of carbonyl (C=O) groups excluding carboxylic acids is 1. The average Bonchev–Trinajstić information content (AvgIpc) is 2.35. The molecule has 0 saturated heterocycles. The molecule has 92 valence electrons. The predicted octanol–water partition coefficient (Wildman–Crippen LogP) is 3.66. The fourth-order valence-electron chi connectivity index (χ4n) is 1.54. The maximum absolute atomic E-state index is 13.4. The summed E-state index contributed by atoms with van der Waals surface area (Å²) in [5, 5.41) is 0. The largest absolute Gasteiger partial charge is 0.289 e. The molecule has 1 aromatic carbocycles. The molecule has 2 aromatic rings. The summed E-state index contributed by atoms with van der Waals surface area (Å²) < 4.78 is 26.1. The van der Waals surface area contributed by atoms with Gasteiger partial charge in [0.25, 0.3) is 0 Å². The Kier molecular flexibility index (Phi) is 3.52. The van der Waals surface area contributed by atoms with Crippen molar-refractivity contribution in [3.8, 4) is 0 Å². The molecule has 1 aromatic heterocycles.